The van der Waals surface area contributed by atoms with Gasteiger partial charge in [0.25, 0.3) is 5.91 Å². The number of methoxy groups -OCH3 is 1. The quantitative estimate of drug-likeness (QED) is 0.426. The lowest BCUT2D eigenvalue weighted by Crippen LogP contribution is -2.13. The fourth-order valence-corrected chi connectivity index (χ4v) is 6.26. The van der Waals surface area contributed by atoms with Crippen molar-refractivity contribution in [2.45, 2.75) is 17.6 Å². The van der Waals surface area contributed by atoms with E-state index in [2.05, 4.69) is 5.32 Å². The normalized spacial score (nSPS) is 14.1. The fraction of sp³-hybridized carbons (Fsp3) is 0.240. The number of hydrogen-bond donors (Lipinski definition) is 1. The standard InChI is InChI=1S/C25H24FNO3S2/c1-29-20-10-8-17(9-11-20)16-30-23-21(25-31-12-5-13-32-25)14-19(15-22(23)26)27-24(28)18-6-3-2-4-7-18/h2-4,6-11,14-15,25H,5,12-13,16H2,1H3,(H,27,28). The zero-order chi connectivity index (χ0) is 22.3. The van der Waals surface area contributed by atoms with Gasteiger partial charge in [-0.2, -0.15) is 0 Å². The van der Waals surface area contributed by atoms with Crippen LogP contribution in [0.2, 0.25) is 0 Å². The minimum absolute atomic E-state index is 0.0534. The highest BCUT2D eigenvalue weighted by Gasteiger charge is 2.24. The van der Waals surface area contributed by atoms with Crippen molar-refractivity contribution in [3.05, 3.63) is 89.2 Å². The van der Waals surface area contributed by atoms with Crippen molar-refractivity contribution in [2.24, 2.45) is 0 Å². The minimum atomic E-state index is -0.480. The average molecular weight is 470 g/mol. The van der Waals surface area contributed by atoms with Crippen LogP contribution >= 0.6 is 23.5 Å². The third-order valence-electron chi connectivity index (χ3n) is 4.99. The van der Waals surface area contributed by atoms with Crippen molar-refractivity contribution in [1.82, 2.24) is 0 Å². The maximum absolute atomic E-state index is 15.2. The van der Waals surface area contributed by atoms with Crippen LogP contribution in [-0.4, -0.2) is 24.5 Å². The molecule has 0 saturated carbocycles. The summed E-state index contributed by atoms with van der Waals surface area (Å²) in [6.45, 7) is 0.242. The summed E-state index contributed by atoms with van der Waals surface area (Å²) < 4.78 is 26.4. The molecule has 0 bridgehead atoms. The zero-order valence-electron chi connectivity index (χ0n) is 17.7. The average Bonchev–Trinajstić information content (AvgIpc) is 2.84. The topological polar surface area (TPSA) is 47.6 Å². The van der Waals surface area contributed by atoms with Gasteiger partial charge >= 0.3 is 0 Å². The predicted octanol–water partition coefficient (Wildman–Crippen LogP) is 6.53. The summed E-state index contributed by atoms with van der Waals surface area (Å²) in [7, 11) is 1.62. The van der Waals surface area contributed by atoms with Crippen molar-refractivity contribution in [3.63, 3.8) is 0 Å². The maximum Gasteiger partial charge on any atom is 0.255 e. The lowest BCUT2D eigenvalue weighted by Gasteiger charge is -2.24. The molecule has 1 amide bonds. The van der Waals surface area contributed by atoms with Crippen LogP contribution in [0.4, 0.5) is 10.1 Å². The van der Waals surface area contributed by atoms with E-state index < -0.39 is 5.82 Å². The Kier molecular flexibility index (Phi) is 7.60. The summed E-state index contributed by atoms with van der Waals surface area (Å²) in [5.74, 6) is 2.27. The van der Waals surface area contributed by atoms with E-state index >= 15 is 4.39 Å². The second kappa shape index (κ2) is 10.8. The first kappa shape index (κ1) is 22.6. The van der Waals surface area contributed by atoms with Gasteiger partial charge in [0.05, 0.1) is 11.7 Å². The molecule has 1 fully saturated rings. The molecule has 3 aromatic carbocycles. The van der Waals surface area contributed by atoms with Gasteiger partial charge in [-0.1, -0.05) is 30.3 Å². The van der Waals surface area contributed by atoms with Crippen molar-refractivity contribution < 1.29 is 18.7 Å². The van der Waals surface area contributed by atoms with Crippen molar-refractivity contribution in [1.29, 1.82) is 0 Å². The molecule has 1 aliphatic heterocycles. The van der Waals surface area contributed by atoms with E-state index in [9.17, 15) is 4.79 Å². The number of amides is 1. The van der Waals surface area contributed by atoms with Gasteiger partial charge in [0, 0.05) is 22.9 Å². The first-order valence-corrected chi connectivity index (χ1v) is 12.4. The van der Waals surface area contributed by atoms with Gasteiger partial charge < -0.3 is 14.8 Å². The number of thioether (sulfide) groups is 2. The van der Waals surface area contributed by atoms with E-state index in [1.807, 2.05) is 36.4 Å². The van der Waals surface area contributed by atoms with Gasteiger partial charge in [0.2, 0.25) is 0 Å². The fourth-order valence-electron chi connectivity index (χ4n) is 3.35. The summed E-state index contributed by atoms with van der Waals surface area (Å²) in [4.78, 5) is 12.6. The Morgan fingerprint density at radius 1 is 1.06 bits per heavy atom. The van der Waals surface area contributed by atoms with Crippen molar-refractivity contribution in [3.8, 4) is 11.5 Å². The molecule has 0 spiro atoms. The molecule has 32 heavy (non-hydrogen) atoms. The number of rotatable bonds is 7. The van der Waals surface area contributed by atoms with Crippen molar-refractivity contribution >= 4 is 35.1 Å². The number of carbonyl (C=O) groups is 1. The molecule has 0 radical (unpaired) electrons. The van der Waals surface area contributed by atoms with Gasteiger partial charge in [-0.3, -0.25) is 4.79 Å². The lowest BCUT2D eigenvalue weighted by molar-refractivity contribution is 0.102. The van der Waals surface area contributed by atoms with Gasteiger partial charge in [-0.25, -0.2) is 4.39 Å². The first-order chi connectivity index (χ1) is 15.6. The Labute approximate surface area is 195 Å². The third kappa shape index (κ3) is 5.58. The van der Waals surface area contributed by atoms with Crippen LogP contribution < -0.4 is 14.8 Å². The van der Waals surface area contributed by atoms with Gasteiger partial charge in [-0.05, 0) is 53.8 Å². The molecule has 1 aliphatic rings. The van der Waals surface area contributed by atoms with E-state index in [-0.39, 0.29) is 22.8 Å². The second-order valence-electron chi connectivity index (χ2n) is 7.26. The summed E-state index contributed by atoms with van der Waals surface area (Å²) in [5.41, 5.74) is 2.63. The molecule has 1 heterocycles. The lowest BCUT2D eigenvalue weighted by atomic mass is 10.1. The molecule has 4 nitrogen and oxygen atoms in total. The molecule has 4 rings (SSSR count). The number of nitrogens with one attached hydrogen (secondary N) is 1. The highest BCUT2D eigenvalue weighted by Crippen LogP contribution is 2.48. The van der Waals surface area contributed by atoms with Crippen LogP contribution in [0.25, 0.3) is 0 Å². The third-order valence-corrected chi connectivity index (χ3v) is 7.97. The number of carbonyl (C=O) groups excluding carboxylic acids is 1. The van der Waals surface area contributed by atoms with E-state index in [1.54, 1.807) is 54.9 Å². The molecule has 7 heteroatoms. The highest BCUT2D eigenvalue weighted by atomic mass is 32.2. The predicted molar refractivity (Wildman–Crippen MR) is 130 cm³/mol. The number of ether oxygens (including phenoxy) is 2. The van der Waals surface area contributed by atoms with Crippen LogP contribution in [0.5, 0.6) is 11.5 Å². The molecule has 1 N–H and O–H groups in total. The monoisotopic (exact) mass is 469 g/mol. The number of benzene rings is 3. The molecule has 0 aliphatic carbocycles. The Morgan fingerprint density at radius 3 is 2.47 bits per heavy atom. The molecule has 0 unspecified atom stereocenters. The molecular formula is C25H24FNO3S2. The Bertz CT molecular complexity index is 1050. The number of hydrogen-bond acceptors (Lipinski definition) is 5. The second-order valence-corrected chi connectivity index (χ2v) is 9.98. The SMILES string of the molecule is COc1ccc(COc2c(F)cc(NC(=O)c3ccccc3)cc2C2SCCCS2)cc1. The summed E-state index contributed by atoms with van der Waals surface area (Å²) in [5, 5.41) is 2.83. The Balaban J connectivity index is 1.58. The molecule has 0 atom stereocenters. The smallest absolute Gasteiger partial charge is 0.255 e. The zero-order valence-corrected chi connectivity index (χ0v) is 19.3. The van der Waals surface area contributed by atoms with E-state index in [4.69, 9.17) is 9.47 Å². The maximum atomic E-state index is 15.2. The van der Waals surface area contributed by atoms with Gasteiger partial charge in [0.15, 0.2) is 11.6 Å². The highest BCUT2D eigenvalue weighted by molar-refractivity contribution is 8.16. The van der Waals surface area contributed by atoms with Gasteiger partial charge in [-0.15, -0.1) is 23.5 Å². The summed E-state index contributed by atoms with van der Waals surface area (Å²) >= 11 is 3.55. The number of halogens is 1. The van der Waals surface area contributed by atoms with E-state index in [0.717, 1.165) is 34.8 Å². The summed E-state index contributed by atoms with van der Waals surface area (Å²) in [6, 6.07) is 19.6. The van der Waals surface area contributed by atoms with Crippen LogP contribution in [0.15, 0.2) is 66.7 Å². The molecule has 1 saturated heterocycles. The van der Waals surface area contributed by atoms with Crippen LogP contribution in [0.1, 0.15) is 32.5 Å². The van der Waals surface area contributed by atoms with E-state index in [0.29, 0.717) is 11.3 Å². The van der Waals surface area contributed by atoms with Crippen molar-refractivity contribution in [2.75, 3.05) is 23.9 Å². The summed E-state index contributed by atoms with van der Waals surface area (Å²) in [6.07, 6.45) is 1.13. The largest absolute Gasteiger partial charge is 0.497 e. The Morgan fingerprint density at radius 2 is 1.78 bits per heavy atom. The van der Waals surface area contributed by atoms with Crippen LogP contribution in [-0.2, 0) is 6.61 Å². The molecule has 166 valence electrons. The molecule has 0 aromatic heterocycles. The number of anilines is 1. The van der Waals surface area contributed by atoms with Crippen LogP contribution in [0, 0.1) is 5.82 Å². The van der Waals surface area contributed by atoms with Crippen LogP contribution in [0.3, 0.4) is 0 Å². The molecule has 3 aromatic rings. The first-order valence-electron chi connectivity index (χ1n) is 10.3. The Hall–Kier alpha value is -2.64. The van der Waals surface area contributed by atoms with Gasteiger partial charge in [0.1, 0.15) is 12.4 Å². The minimum Gasteiger partial charge on any atom is -0.497 e. The van der Waals surface area contributed by atoms with E-state index in [1.165, 1.54) is 6.07 Å². The molecular weight excluding hydrogens is 445 g/mol.